The molecule has 0 aliphatic heterocycles. The normalized spacial score (nSPS) is 12.1. The van der Waals surface area contributed by atoms with Crippen LogP contribution in [0, 0.1) is 0 Å². The molecule has 18 heavy (non-hydrogen) atoms. The van der Waals surface area contributed by atoms with Gasteiger partial charge in [-0.15, -0.1) is 0 Å². The van der Waals surface area contributed by atoms with Crippen molar-refractivity contribution >= 4 is 22.4 Å². The molecule has 1 aromatic carbocycles. The predicted molar refractivity (Wildman–Crippen MR) is 77.1 cm³/mol. The molecule has 0 spiro atoms. The first-order valence-electron chi connectivity index (χ1n) is 6.33. The Balaban J connectivity index is 2.05. The summed E-state index contributed by atoms with van der Waals surface area (Å²) >= 11 is 0. The number of anilines is 1. The lowest BCUT2D eigenvalue weighted by atomic mass is 10.1. The molecule has 1 aromatic rings. The fourth-order valence-corrected chi connectivity index (χ4v) is 2.30. The lowest BCUT2D eigenvalue weighted by Gasteiger charge is -2.04. The van der Waals surface area contributed by atoms with Crippen molar-refractivity contribution in [3.05, 3.63) is 30.3 Å². The number of carbonyl (C=O) groups excluding carboxylic acids is 1. The molecule has 1 atom stereocenters. The van der Waals surface area contributed by atoms with Gasteiger partial charge in [0, 0.05) is 34.9 Å². The summed E-state index contributed by atoms with van der Waals surface area (Å²) in [5, 5.41) is 2.86. The monoisotopic (exact) mass is 267 g/mol. The third-order valence-electron chi connectivity index (χ3n) is 2.64. The van der Waals surface area contributed by atoms with Gasteiger partial charge in [0.25, 0.3) is 0 Å². The van der Waals surface area contributed by atoms with Crippen LogP contribution in [0.25, 0.3) is 0 Å². The molecule has 0 aliphatic rings. The van der Waals surface area contributed by atoms with Crippen LogP contribution in [0.4, 0.5) is 5.69 Å². The molecule has 100 valence electrons. The van der Waals surface area contributed by atoms with Gasteiger partial charge in [-0.3, -0.25) is 9.00 Å². The maximum Gasteiger partial charge on any atom is 0.224 e. The van der Waals surface area contributed by atoms with Crippen molar-refractivity contribution in [1.82, 2.24) is 0 Å². The van der Waals surface area contributed by atoms with Gasteiger partial charge in [-0.25, -0.2) is 0 Å². The van der Waals surface area contributed by atoms with Gasteiger partial charge in [0.05, 0.1) is 0 Å². The maximum atomic E-state index is 11.6. The van der Waals surface area contributed by atoms with Crippen LogP contribution in [0.1, 0.15) is 32.1 Å². The van der Waals surface area contributed by atoms with E-state index in [4.69, 9.17) is 0 Å². The molecule has 0 fully saturated rings. The van der Waals surface area contributed by atoms with Crippen LogP contribution in [0.2, 0.25) is 0 Å². The van der Waals surface area contributed by atoms with Crippen LogP contribution in [-0.2, 0) is 15.6 Å². The number of para-hydroxylation sites is 1. The van der Waals surface area contributed by atoms with Gasteiger partial charge < -0.3 is 5.32 Å². The summed E-state index contributed by atoms with van der Waals surface area (Å²) in [7, 11) is -0.686. The zero-order valence-electron chi connectivity index (χ0n) is 10.9. The number of carbonyl (C=O) groups is 1. The van der Waals surface area contributed by atoms with Crippen LogP contribution in [0.15, 0.2) is 30.3 Å². The van der Waals surface area contributed by atoms with Gasteiger partial charge in [0.15, 0.2) is 0 Å². The third kappa shape index (κ3) is 7.22. The van der Waals surface area contributed by atoms with Crippen LogP contribution >= 0.6 is 0 Å². The van der Waals surface area contributed by atoms with Crippen LogP contribution < -0.4 is 5.32 Å². The Hall–Kier alpha value is -1.16. The first-order chi connectivity index (χ1) is 8.68. The molecule has 1 amide bonds. The molecule has 0 radical (unpaired) electrons. The first kappa shape index (κ1) is 14.9. The molecule has 1 N–H and O–H groups in total. The zero-order chi connectivity index (χ0) is 13.2. The molecule has 0 aliphatic carbocycles. The molecule has 0 heterocycles. The van der Waals surface area contributed by atoms with Gasteiger partial charge in [-0.1, -0.05) is 31.0 Å². The Labute approximate surface area is 111 Å². The van der Waals surface area contributed by atoms with Crippen molar-refractivity contribution in [1.29, 1.82) is 0 Å². The van der Waals surface area contributed by atoms with E-state index < -0.39 is 10.8 Å². The fraction of sp³-hybridized carbons (Fsp3) is 0.500. The largest absolute Gasteiger partial charge is 0.326 e. The Kier molecular flexibility index (Phi) is 7.34. The highest BCUT2D eigenvalue weighted by Gasteiger charge is 2.01. The van der Waals surface area contributed by atoms with E-state index in [-0.39, 0.29) is 5.91 Å². The number of amides is 1. The van der Waals surface area contributed by atoms with Crippen molar-refractivity contribution in [2.45, 2.75) is 32.1 Å². The van der Waals surface area contributed by atoms with E-state index in [0.29, 0.717) is 6.42 Å². The van der Waals surface area contributed by atoms with Crippen molar-refractivity contribution in [3.8, 4) is 0 Å². The van der Waals surface area contributed by atoms with E-state index in [9.17, 15) is 9.00 Å². The number of unbranched alkanes of at least 4 members (excludes halogenated alkanes) is 3. The molecule has 0 aromatic heterocycles. The third-order valence-corrected chi connectivity index (χ3v) is 3.51. The molecule has 3 nitrogen and oxygen atoms in total. The zero-order valence-corrected chi connectivity index (χ0v) is 11.7. The quantitative estimate of drug-likeness (QED) is 0.736. The van der Waals surface area contributed by atoms with Crippen LogP contribution in [-0.4, -0.2) is 22.1 Å². The Bertz CT molecular complexity index is 379. The minimum Gasteiger partial charge on any atom is -0.326 e. The summed E-state index contributed by atoms with van der Waals surface area (Å²) in [5.41, 5.74) is 0.851. The van der Waals surface area contributed by atoms with Crippen molar-refractivity contribution in [3.63, 3.8) is 0 Å². The number of nitrogens with one attached hydrogen (secondary N) is 1. The number of hydrogen-bond acceptors (Lipinski definition) is 2. The second-order valence-corrected chi connectivity index (χ2v) is 5.91. The molecule has 0 saturated carbocycles. The average molecular weight is 267 g/mol. The lowest BCUT2D eigenvalue weighted by molar-refractivity contribution is -0.116. The van der Waals surface area contributed by atoms with Gasteiger partial charge in [0.2, 0.25) is 5.91 Å². The number of benzene rings is 1. The predicted octanol–water partition coefficient (Wildman–Crippen LogP) is 2.95. The van der Waals surface area contributed by atoms with E-state index in [1.165, 1.54) is 0 Å². The molecule has 1 unspecified atom stereocenters. The second-order valence-electron chi connectivity index (χ2n) is 4.36. The van der Waals surface area contributed by atoms with Gasteiger partial charge in [0.1, 0.15) is 0 Å². The minimum atomic E-state index is -0.686. The summed E-state index contributed by atoms with van der Waals surface area (Å²) in [5.74, 6) is 0.844. The van der Waals surface area contributed by atoms with E-state index in [1.807, 2.05) is 30.3 Å². The van der Waals surface area contributed by atoms with Gasteiger partial charge in [-0.2, -0.15) is 0 Å². The highest BCUT2D eigenvalue weighted by molar-refractivity contribution is 7.84. The van der Waals surface area contributed by atoms with E-state index >= 15 is 0 Å². The summed E-state index contributed by atoms with van der Waals surface area (Å²) in [4.78, 5) is 11.6. The molecule has 1 rings (SSSR count). The average Bonchev–Trinajstić information content (AvgIpc) is 2.34. The van der Waals surface area contributed by atoms with E-state index in [0.717, 1.165) is 37.1 Å². The lowest BCUT2D eigenvalue weighted by Crippen LogP contribution is -2.10. The smallest absolute Gasteiger partial charge is 0.224 e. The Morgan fingerprint density at radius 3 is 2.44 bits per heavy atom. The highest BCUT2D eigenvalue weighted by Crippen LogP contribution is 2.08. The summed E-state index contributed by atoms with van der Waals surface area (Å²) < 4.78 is 10.8. The van der Waals surface area contributed by atoms with Crippen molar-refractivity contribution < 1.29 is 9.00 Å². The van der Waals surface area contributed by atoms with Crippen molar-refractivity contribution in [2.75, 3.05) is 17.3 Å². The van der Waals surface area contributed by atoms with Gasteiger partial charge >= 0.3 is 0 Å². The topological polar surface area (TPSA) is 46.2 Å². The summed E-state index contributed by atoms with van der Waals surface area (Å²) in [6.07, 6.45) is 6.26. The Morgan fingerprint density at radius 2 is 1.78 bits per heavy atom. The second kappa shape index (κ2) is 8.86. The minimum absolute atomic E-state index is 0.0697. The van der Waals surface area contributed by atoms with Crippen LogP contribution in [0.3, 0.4) is 0 Å². The Morgan fingerprint density at radius 1 is 1.11 bits per heavy atom. The number of rotatable bonds is 8. The van der Waals surface area contributed by atoms with E-state index in [2.05, 4.69) is 5.32 Å². The highest BCUT2D eigenvalue weighted by atomic mass is 32.2. The summed E-state index contributed by atoms with van der Waals surface area (Å²) in [6, 6.07) is 9.50. The SMILES string of the molecule is CS(=O)CCCCCCC(=O)Nc1ccccc1. The summed E-state index contributed by atoms with van der Waals surface area (Å²) in [6.45, 7) is 0. The number of hydrogen-bond donors (Lipinski definition) is 1. The molecule has 4 heteroatoms. The first-order valence-corrected chi connectivity index (χ1v) is 8.06. The fourth-order valence-electron chi connectivity index (χ4n) is 1.69. The molecular weight excluding hydrogens is 246 g/mol. The van der Waals surface area contributed by atoms with Crippen molar-refractivity contribution in [2.24, 2.45) is 0 Å². The van der Waals surface area contributed by atoms with Crippen LogP contribution in [0.5, 0.6) is 0 Å². The molecular formula is C14H21NO2S. The molecule has 0 saturated heterocycles. The standard InChI is InChI=1S/C14H21NO2S/c1-18(17)12-8-3-2-7-11-14(16)15-13-9-5-4-6-10-13/h4-6,9-10H,2-3,7-8,11-12H2,1H3,(H,15,16). The maximum absolute atomic E-state index is 11.6. The van der Waals surface area contributed by atoms with E-state index in [1.54, 1.807) is 6.26 Å². The van der Waals surface area contributed by atoms with Gasteiger partial charge in [-0.05, 0) is 25.0 Å². The molecule has 0 bridgehead atoms.